The van der Waals surface area contributed by atoms with E-state index in [1.807, 2.05) is 37.3 Å². The van der Waals surface area contributed by atoms with Crippen molar-refractivity contribution in [2.24, 2.45) is 0 Å². The molecule has 1 atom stereocenters. The first-order valence-electron chi connectivity index (χ1n) is 8.78. The number of rotatable bonds is 5. The first-order chi connectivity index (χ1) is 12.6. The molecule has 26 heavy (non-hydrogen) atoms. The molecule has 3 aromatic carbocycles. The van der Waals surface area contributed by atoms with Gasteiger partial charge in [0, 0.05) is 39.1 Å². The highest BCUT2D eigenvalue weighted by atomic mass is 35.5. The number of aromatic nitrogens is 1. The van der Waals surface area contributed by atoms with Crippen LogP contribution in [0, 0.1) is 6.92 Å². The van der Waals surface area contributed by atoms with Crippen LogP contribution in [-0.4, -0.2) is 22.3 Å². The number of hydrogen-bond donors (Lipinski definition) is 2. The zero-order chi connectivity index (χ0) is 18.1. The maximum absolute atomic E-state index is 10.6. The van der Waals surface area contributed by atoms with Crippen molar-refractivity contribution in [3.8, 4) is 0 Å². The summed E-state index contributed by atoms with van der Waals surface area (Å²) in [5, 5.41) is 17.1. The molecule has 4 heteroatoms. The van der Waals surface area contributed by atoms with Gasteiger partial charge in [-0.25, -0.2) is 0 Å². The van der Waals surface area contributed by atoms with Crippen molar-refractivity contribution in [1.29, 1.82) is 0 Å². The number of aliphatic hydroxyl groups excluding tert-OH is 1. The predicted octanol–water partition coefficient (Wildman–Crippen LogP) is 5.23. The van der Waals surface area contributed by atoms with Crippen molar-refractivity contribution in [1.82, 2.24) is 4.57 Å². The number of nitrogens with zero attached hydrogens (tertiary/aromatic N) is 1. The fourth-order valence-electron chi connectivity index (χ4n) is 3.50. The zero-order valence-electron chi connectivity index (χ0n) is 14.6. The van der Waals surface area contributed by atoms with Gasteiger partial charge in [0.1, 0.15) is 0 Å². The van der Waals surface area contributed by atoms with E-state index in [1.54, 1.807) is 0 Å². The Balaban J connectivity index is 1.59. The van der Waals surface area contributed by atoms with Gasteiger partial charge in [-0.3, -0.25) is 0 Å². The van der Waals surface area contributed by atoms with Crippen LogP contribution < -0.4 is 5.32 Å². The molecule has 2 N–H and O–H groups in total. The molecule has 0 saturated heterocycles. The largest absolute Gasteiger partial charge is 0.389 e. The molecular weight excluding hydrogens is 344 g/mol. The Morgan fingerprint density at radius 3 is 2.19 bits per heavy atom. The van der Waals surface area contributed by atoms with Crippen molar-refractivity contribution >= 4 is 39.1 Å². The Labute approximate surface area is 157 Å². The molecule has 0 unspecified atom stereocenters. The van der Waals surface area contributed by atoms with Crippen LogP contribution in [0.5, 0.6) is 0 Å². The summed E-state index contributed by atoms with van der Waals surface area (Å²) < 4.78 is 2.20. The predicted molar refractivity (Wildman–Crippen MR) is 110 cm³/mol. The normalized spacial score (nSPS) is 12.6. The second-order valence-electron chi connectivity index (χ2n) is 6.59. The van der Waals surface area contributed by atoms with E-state index in [2.05, 4.69) is 46.3 Å². The monoisotopic (exact) mass is 364 g/mol. The van der Waals surface area contributed by atoms with Crippen LogP contribution in [0.2, 0.25) is 5.02 Å². The summed E-state index contributed by atoms with van der Waals surface area (Å²) in [5.41, 5.74) is 4.25. The molecule has 0 bridgehead atoms. The average Bonchev–Trinajstić information content (AvgIpc) is 2.97. The number of hydrogen-bond acceptors (Lipinski definition) is 2. The summed E-state index contributed by atoms with van der Waals surface area (Å²) in [5.74, 6) is 0. The molecule has 4 aromatic rings. The van der Waals surface area contributed by atoms with Gasteiger partial charge in [0.05, 0.1) is 12.6 Å². The Bertz CT molecular complexity index is 1020. The highest BCUT2D eigenvalue weighted by molar-refractivity contribution is 6.31. The number of para-hydroxylation sites is 2. The van der Waals surface area contributed by atoms with E-state index in [1.165, 1.54) is 10.8 Å². The zero-order valence-corrected chi connectivity index (χ0v) is 15.4. The molecule has 4 rings (SSSR count). The molecule has 1 aromatic heterocycles. The lowest BCUT2D eigenvalue weighted by molar-refractivity contribution is 0.169. The molecule has 0 aliphatic heterocycles. The molecule has 1 heterocycles. The fourth-order valence-corrected chi connectivity index (χ4v) is 3.68. The van der Waals surface area contributed by atoms with E-state index < -0.39 is 6.10 Å². The van der Waals surface area contributed by atoms with E-state index in [4.69, 9.17) is 11.6 Å². The van der Waals surface area contributed by atoms with Crippen LogP contribution in [0.15, 0.2) is 66.7 Å². The molecule has 3 nitrogen and oxygen atoms in total. The van der Waals surface area contributed by atoms with E-state index in [9.17, 15) is 5.11 Å². The lowest BCUT2D eigenvalue weighted by Gasteiger charge is -2.17. The Morgan fingerprint density at radius 1 is 0.923 bits per heavy atom. The minimum absolute atomic E-state index is 0.460. The van der Waals surface area contributed by atoms with E-state index >= 15 is 0 Å². The van der Waals surface area contributed by atoms with E-state index in [0.717, 1.165) is 27.3 Å². The van der Waals surface area contributed by atoms with Gasteiger partial charge >= 0.3 is 0 Å². The van der Waals surface area contributed by atoms with Gasteiger partial charge in [-0.2, -0.15) is 0 Å². The molecule has 0 fully saturated rings. The van der Waals surface area contributed by atoms with Crippen LogP contribution in [-0.2, 0) is 6.54 Å². The summed E-state index contributed by atoms with van der Waals surface area (Å²) in [7, 11) is 0. The number of nitrogens with one attached hydrogen (secondary N) is 1. The third-order valence-corrected chi connectivity index (χ3v) is 5.28. The third-order valence-electron chi connectivity index (χ3n) is 4.87. The second kappa shape index (κ2) is 7.02. The maximum atomic E-state index is 10.6. The number of anilines is 1. The van der Waals surface area contributed by atoms with Gasteiger partial charge in [-0.15, -0.1) is 0 Å². The number of benzene rings is 3. The Morgan fingerprint density at radius 2 is 1.54 bits per heavy atom. The molecule has 0 spiro atoms. The molecule has 132 valence electrons. The van der Waals surface area contributed by atoms with Crippen LogP contribution >= 0.6 is 11.6 Å². The van der Waals surface area contributed by atoms with Crippen LogP contribution in [0.4, 0.5) is 5.69 Å². The minimum atomic E-state index is -0.521. The molecular formula is C22H21ClN2O. The summed E-state index contributed by atoms with van der Waals surface area (Å²) in [4.78, 5) is 0. The first-order valence-corrected chi connectivity index (χ1v) is 9.16. The van der Waals surface area contributed by atoms with Crippen LogP contribution in [0.3, 0.4) is 0 Å². The van der Waals surface area contributed by atoms with Gasteiger partial charge in [-0.1, -0.05) is 54.1 Å². The topological polar surface area (TPSA) is 37.2 Å². The van der Waals surface area contributed by atoms with Gasteiger partial charge in [0.15, 0.2) is 0 Å². The second-order valence-corrected chi connectivity index (χ2v) is 7.00. The van der Waals surface area contributed by atoms with Gasteiger partial charge in [0.2, 0.25) is 0 Å². The number of fused-ring (bicyclic) bond motifs is 3. The Kier molecular flexibility index (Phi) is 4.58. The highest BCUT2D eigenvalue weighted by Gasteiger charge is 2.13. The van der Waals surface area contributed by atoms with Crippen molar-refractivity contribution in [3.63, 3.8) is 0 Å². The molecule has 0 aliphatic rings. The standard InChI is InChI=1S/C22H21ClN2O/c1-15-19(23)9-6-10-20(15)24-13-16(26)14-25-21-11-4-2-7-17(21)18-8-3-5-12-22(18)25/h2-12,16,24,26H,13-14H2,1H3/t16-/m0/s1. The maximum Gasteiger partial charge on any atom is 0.0891 e. The van der Waals surface area contributed by atoms with Crippen molar-refractivity contribution in [3.05, 3.63) is 77.3 Å². The smallest absolute Gasteiger partial charge is 0.0891 e. The minimum Gasteiger partial charge on any atom is -0.389 e. The summed E-state index contributed by atoms with van der Waals surface area (Å²) in [6.45, 7) is 2.96. The van der Waals surface area contributed by atoms with Crippen molar-refractivity contribution in [2.75, 3.05) is 11.9 Å². The SMILES string of the molecule is Cc1c(Cl)cccc1NC[C@H](O)Cn1c2ccccc2c2ccccc21. The van der Waals surface area contributed by atoms with Crippen LogP contribution in [0.1, 0.15) is 5.56 Å². The van der Waals surface area contributed by atoms with E-state index in [-0.39, 0.29) is 0 Å². The van der Waals surface area contributed by atoms with E-state index in [0.29, 0.717) is 13.1 Å². The third kappa shape index (κ3) is 3.05. The highest BCUT2D eigenvalue weighted by Crippen LogP contribution is 2.29. The fraction of sp³-hybridized carbons (Fsp3) is 0.182. The average molecular weight is 365 g/mol. The van der Waals surface area contributed by atoms with Gasteiger partial charge in [0.25, 0.3) is 0 Å². The lowest BCUT2D eigenvalue weighted by Crippen LogP contribution is -2.25. The quantitative estimate of drug-likeness (QED) is 0.508. The Hall–Kier alpha value is -2.49. The molecule has 0 aliphatic carbocycles. The first kappa shape index (κ1) is 17.0. The molecule has 0 amide bonds. The van der Waals surface area contributed by atoms with Gasteiger partial charge in [-0.05, 0) is 36.8 Å². The van der Waals surface area contributed by atoms with Crippen molar-refractivity contribution in [2.45, 2.75) is 19.6 Å². The number of aliphatic hydroxyl groups is 1. The molecule has 0 radical (unpaired) electrons. The summed E-state index contributed by atoms with van der Waals surface area (Å²) >= 11 is 6.17. The summed E-state index contributed by atoms with van der Waals surface area (Å²) in [6.07, 6.45) is -0.521. The summed E-state index contributed by atoms with van der Waals surface area (Å²) in [6, 6.07) is 22.4. The number of halogens is 1. The van der Waals surface area contributed by atoms with Crippen LogP contribution in [0.25, 0.3) is 21.8 Å². The van der Waals surface area contributed by atoms with Crippen molar-refractivity contribution < 1.29 is 5.11 Å². The van der Waals surface area contributed by atoms with Gasteiger partial charge < -0.3 is 15.0 Å². The molecule has 0 saturated carbocycles. The lowest BCUT2D eigenvalue weighted by atomic mass is 10.2.